The van der Waals surface area contributed by atoms with Gasteiger partial charge in [-0.2, -0.15) is 0 Å². The van der Waals surface area contributed by atoms with Gasteiger partial charge >= 0.3 is 0 Å². The highest BCUT2D eigenvalue weighted by Gasteiger charge is 2.16. The van der Waals surface area contributed by atoms with Crippen molar-refractivity contribution in [2.24, 2.45) is 10.3 Å². The molecule has 0 bridgehead atoms. The van der Waals surface area contributed by atoms with Crippen molar-refractivity contribution in [3.05, 3.63) is 59.7 Å². The molecule has 0 saturated carbocycles. The number of aryl methyl sites for hydroxylation is 1. The molecule has 1 heterocycles. The van der Waals surface area contributed by atoms with Gasteiger partial charge in [0.05, 0.1) is 18.8 Å². The minimum Gasteiger partial charge on any atom is -0.368 e. The van der Waals surface area contributed by atoms with Crippen LogP contribution in [0, 0.1) is 6.92 Å². The summed E-state index contributed by atoms with van der Waals surface area (Å²) < 4.78 is 0. The van der Waals surface area contributed by atoms with Gasteiger partial charge in [-0.1, -0.05) is 22.9 Å². The number of carbonyl (C=O) groups excluding carboxylic acids is 1. The molecule has 124 valence electrons. The summed E-state index contributed by atoms with van der Waals surface area (Å²) in [4.78, 5) is 13.6. The summed E-state index contributed by atoms with van der Waals surface area (Å²) in [5.74, 6) is 0.0999. The fourth-order valence-electron chi connectivity index (χ4n) is 2.68. The molecule has 5 heteroatoms. The van der Waals surface area contributed by atoms with Crippen LogP contribution in [0.5, 0.6) is 0 Å². The molecule has 0 aliphatic carbocycles. The minimum absolute atomic E-state index is 0.0999. The summed E-state index contributed by atoms with van der Waals surface area (Å²) in [5, 5.41) is 10.6. The highest BCUT2D eigenvalue weighted by Crippen LogP contribution is 2.19. The Labute approximate surface area is 142 Å². The summed E-state index contributed by atoms with van der Waals surface area (Å²) >= 11 is 0. The fourth-order valence-corrected chi connectivity index (χ4v) is 2.68. The third-order valence-electron chi connectivity index (χ3n) is 4.22. The Balaban J connectivity index is 1.55. The maximum Gasteiger partial charge on any atom is 0.159 e. The molecule has 0 aromatic heterocycles. The molecule has 1 saturated heterocycles. The highest BCUT2D eigenvalue weighted by molar-refractivity contribution is 5.94. The molecule has 0 spiro atoms. The van der Waals surface area contributed by atoms with Crippen LogP contribution >= 0.6 is 0 Å². The van der Waals surface area contributed by atoms with Gasteiger partial charge in [0.1, 0.15) is 0 Å². The maximum absolute atomic E-state index is 11.3. The molecular weight excluding hydrogens is 300 g/mol. The second kappa shape index (κ2) is 7.25. The molecule has 0 amide bonds. The van der Waals surface area contributed by atoms with Gasteiger partial charge in [0.25, 0.3) is 0 Å². The van der Waals surface area contributed by atoms with Crippen molar-refractivity contribution in [2.75, 3.05) is 31.1 Å². The largest absolute Gasteiger partial charge is 0.368 e. The molecule has 0 atom stereocenters. The van der Waals surface area contributed by atoms with Crippen LogP contribution in [0.15, 0.2) is 58.9 Å². The van der Waals surface area contributed by atoms with Gasteiger partial charge in [-0.3, -0.25) is 9.80 Å². The number of hydrogen-bond donors (Lipinski definition) is 0. The van der Waals surface area contributed by atoms with E-state index in [2.05, 4.69) is 22.2 Å². The average molecular weight is 322 g/mol. The first kappa shape index (κ1) is 16.2. The number of piperazine rings is 1. The molecule has 0 unspecified atom stereocenters. The van der Waals surface area contributed by atoms with E-state index in [1.807, 2.05) is 53.5 Å². The first-order chi connectivity index (χ1) is 11.6. The molecule has 0 radical (unpaired) electrons. The highest BCUT2D eigenvalue weighted by atomic mass is 16.1. The summed E-state index contributed by atoms with van der Waals surface area (Å²) in [5.41, 5.74) is 4.00. The monoisotopic (exact) mass is 322 g/mol. The first-order valence-corrected chi connectivity index (χ1v) is 8.21. The van der Waals surface area contributed by atoms with Crippen molar-refractivity contribution >= 4 is 17.2 Å². The van der Waals surface area contributed by atoms with Crippen LogP contribution in [0.3, 0.4) is 0 Å². The van der Waals surface area contributed by atoms with Crippen molar-refractivity contribution in [2.45, 2.75) is 13.8 Å². The normalized spacial score (nSPS) is 15.1. The van der Waals surface area contributed by atoms with E-state index in [9.17, 15) is 4.79 Å². The third-order valence-corrected chi connectivity index (χ3v) is 4.22. The zero-order valence-electron chi connectivity index (χ0n) is 14.1. The standard InChI is InChI=1S/C19H22N4O/c1-15-3-7-18(8-4-15)20-21-23-13-11-22(12-14-23)19-9-5-17(6-10-19)16(2)24/h3-10H,11-14H2,1-2H3/b21-20+. The lowest BCUT2D eigenvalue weighted by Crippen LogP contribution is -2.43. The molecular formula is C19H22N4O. The van der Waals surface area contributed by atoms with Gasteiger partial charge in [0.15, 0.2) is 5.78 Å². The van der Waals surface area contributed by atoms with E-state index >= 15 is 0 Å². The van der Waals surface area contributed by atoms with Gasteiger partial charge in [-0.25, -0.2) is 0 Å². The maximum atomic E-state index is 11.3. The molecule has 1 fully saturated rings. The number of rotatable bonds is 4. The van der Waals surface area contributed by atoms with E-state index in [1.54, 1.807) is 6.92 Å². The predicted molar refractivity (Wildman–Crippen MR) is 95.9 cm³/mol. The van der Waals surface area contributed by atoms with Crippen LogP contribution in [-0.2, 0) is 0 Å². The smallest absolute Gasteiger partial charge is 0.159 e. The summed E-state index contributed by atoms with van der Waals surface area (Å²) in [6.07, 6.45) is 0. The molecule has 1 aliphatic heterocycles. The third kappa shape index (κ3) is 3.98. The zero-order valence-corrected chi connectivity index (χ0v) is 14.1. The van der Waals surface area contributed by atoms with Crippen molar-refractivity contribution in [3.8, 4) is 0 Å². The predicted octanol–water partition coefficient (Wildman–Crippen LogP) is 4.02. The molecule has 2 aromatic rings. The van der Waals surface area contributed by atoms with Crippen LogP contribution in [0.1, 0.15) is 22.8 Å². The lowest BCUT2D eigenvalue weighted by atomic mass is 10.1. The Morgan fingerprint density at radius 2 is 1.54 bits per heavy atom. The Morgan fingerprint density at radius 3 is 2.12 bits per heavy atom. The number of ketones is 1. The summed E-state index contributed by atoms with van der Waals surface area (Å²) in [7, 11) is 0. The molecule has 2 aromatic carbocycles. The quantitative estimate of drug-likeness (QED) is 0.631. The number of carbonyl (C=O) groups is 1. The van der Waals surface area contributed by atoms with Crippen molar-refractivity contribution in [1.82, 2.24) is 5.01 Å². The number of hydrogen-bond acceptors (Lipinski definition) is 4. The average Bonchev–Trinajstić information content (AvgIpc) is 2.62. The van der Waals surface area contributed by atoms with Crippen LogP contribution in [0.2, 0.25) is 0 Å². The lowest BCUT2D eigenvalue weighted by Gasteiger charge is -2.33. The van der Waals surface area contributed by atoms with Gasteiger partial charge in [0.2, 0.25) is 0 Å². The SMILES string of the molecule is CC(=O)c1ccc(N2CCN(/N=N/c3ccc(C)cc3)CC2)cc1. The van der Waals surface area contributed by atoms with E-state index in [4.69, 9.17) is 0 Å². The van der Waals surface area contributed by atoms with Crippen molar-refractivity contribution in [1.29, 1.82) is 0 Å². The van der Waals surface area contributed by atoms with Gasteiger partial charge < -0.3 is 4.90 Å². The number of benzene rings is 2. The van der Waals surface area contributed by atoms with Crippen LogP contribution in [-0.4, -0.2) is 37.0 Å². The number of nitrogens with zero attached hydrogens (tertiary/aromatic N) is 4. The Kier molecular flexibility index (Phi) is 4.89. The van der Waals surface area contributed by atoms with E-state index in [1.165, 1.54) is 5.56 Å². The summed E-state index contributed by atoms with van der Waals surface area (Å²) in [6.45, 7) is 7.11. The topological polar surface area (TPSA) is 48.3 Å². The Morgan fingerprint density at radius 1 is 0.917 bits per heavy atom. The molecule has 0 N–H and O–H groups in total. The van der Waals surface area contributed by atoms with Crippen LogP contribution in [0.4, 0.5) is 11.4 Å². The second-order valence-corrected chi connectivity index (χ2v) is 6.07. The number of Topliss-reactive ketones (excluding diaryl/α,β-unsaturated/α-hetero) is 1. The van der Waals surface area contributed by atoms with E-state index in [0.717, 1.165) is 43.1 Å². The van der Waals surface area contributed by atoms with Gasteiger partial charge in [-0.05, 0) is 50.2 Å². The van der Waals surface area contributed by atoms with Crippen molar-refractivity contribution < 1.29 is 4.79 Å². The van der Waals surface area contributed by atoms with Crippen LogP contribution in [0.25, 0.3) is 0 Å². The van der Waals surface area contributed by atoms with Gasteiger partial charge in [0, 0.05) is 24.3 Å². The number of anilines is 1. The second-order valence-electron chi connectivity index (χ2n) is 6.07. The van der Waals surface area contributed by atoms with Gasteiger partial charge in [-0.15, -0.1) is 5.11 Å². The Bertz CT molecular complexity index is 714. The van der Waals surface area contributed by atoms with E-state index in [-0.39, 0.29) is 5.78 Å². The molecule has 5 nitrogen and oxygen atoms in total. The molecule has 24 heavy (non-hydrogen) atoms. The van der Waals surface area contributed by atoms with Crippen molar-refractivity contribution in [3.63, 3.8) is 0 Å². The molecule has 1 aliphatic rings. The lowest BCUT2D eigenvalue weighted by molar-refractivity contribution is 0.101. The van der Waals surface area contributed by atoms with Crippen LogP contribution < -0.4 is 4.90 Å². The fraction of sp³-hybridized carbons (Fsp3) is 0.316. The van der Waals surface area contributed by atoms with E-state index in [0.29, 0.717) is 0 Å². The molecule has 3 rings (SSSR count). The first-order valence-electron chi connectivity index (χ1n) is 8.21. The van der Waals surface area contributed by atoms with E-state index < -0.39 is 0 Å². The minimum atomic E-state index is 0.0999. The summed E-state index contributed by atoms with van der Waals surface area (Å²) in [6, 6.07) is 15.8. The Hall–Kier alpha value is -2.69. The zero-order chi connectivity index (χ0) is 16.9.